The van der Waals surface area contributed by atoms with Crippen LogP contribution in [0.1, 0.15) is 232 Å². The van der Waals surface area contributed by atoms with Crippen molar-refractivity contribution in [1.29, 1.82) is 0 Å². The van der Waals surface area contributed by atoms with Gasteiger partial charge in [0, 0.05) is 12.8 Å². The van der Waals surface area contributed by atoms with Gasteiger partial charge in [0.25, 0.3) is 0 Å². The molecule has 0 aromatic heterocycles. The lowest BCUT2D eigenvalue weighted by molar-refractivity contribution is -0.220. The van der Waals surface area contributed by atoms with Crippen molar-refractivity contribution < 1.29 is 63.1 Å². The average Bonchev–Trinajstić information content (AvgIpc) is 3.29. The summed E-state index contributed by atoms with van der Waals surface area (Å²) in [5.74, 6) is -1.14. The highest BCUT2D eigenvalue weighted by Crippen LogP contribution is 2.47. The Morgan fingerprint density at radius 1 is 0.462 bits per heavy atom. The molecule has 0 radical (unpaired) electrons. The average molecular weight is 947 g/mol. The first-order chi connectivity index (χ1) is 31.4. The fraction of sp³-hybridized carbons (Fsp3) is 0.882. The molecule has 14 heteroatoms. The van der Waals surface area contributed by atoms with Crippen molar-refractivity contribution in [3.8, 4) is 0 Å². The van der Waals surface area contributed by atoms with E-state index in [1.54, 1.807) is 0 Å². The number of esters is 2. The summed E-state index contributed by atoms with van der Waals surface area (Å²) in [5, 5.41) is 50.2. The number of hydrogen-bond donors (Lipinski definition) is 6. The number of aliphatic hydroxyl groups is 5. The normalized spacial score (nSPS) is 21.5. The summed E-state index contributed by atoms with van der Waals surface area (Å²) >= 11 is 0. The van der Waals surface area contributed by atoms with E-state index in [0.29, 0.717) is 19.3 Å². The van der Waals surface area contributed by atoms with Crippen LogP contribution in [0, 0.1) is 0 Å². The summed E-state index contributed by atoms with van der Waals surface area (Å²) in [7, 11) is -5.13. The third-order valence-corrected chi connectivity index (χ3v) is 13.3. The monoisotopic (exact) mass is 947 g/mol. The number of phosphoric acid groups is 1. The number of carbonyl (C=O) groups is 2. The van der Waals surface area contributed by atoms with Gasteiger partial charge in [-0.2, -0.15) is 0 Å². The smallest absolute Gasteiger partial charge is 0.462 e. The van der Waals surface area contributed by atoms with Crippen LogP contribution in [0.3, 0.4) is 0 Å². The lowest BCUT2D eigenvalue weighted by atomic mass is 9.85. The Morgan fingerprint density at radius 2 is 0.815 bits per heavy atom. The van der Waals surface area contributed by atoms with Crippen molar-refractivity contribution in [3.05, 3.63) is 24.3 Å². The number of rotatable bonds is 44. The Bertz CT molecular complexity index is 1230. The molecular formula is C51H95O13P. The molecule has 1 saturated carbocycles. The molecule has 1 aliphatic carbocycles. The molecule has 6 unspecified atom stereocenters. The summed E-state index contributed by atoms with van der Waals surface area (Å²) < 4.78 is 33.6. The van der Waals surface area contributed by atoms with Gasteiger partial charge >= 0.3 is 19.8 Å². The summed E-state index contributed by atoms with van der Waals surface area (Å²) in [4.78, 5) is 35.8. The third kappa shape index (κ3) is 33.5. The second kappa shape index (κ2) is 41.3. The fourth-order valence-electron chi connectivity index (χ4n) is 8.07. The van der Waals surface area contributed by atoms with E-state index in [2.05, 4.69) is 32.1 Å². The van der Waals surface area contributed by atoms with Gasteiger partial charge in [-0.15, -0.1) is 0 Å². The SMILES string of the molecule is CCCCCCCCCCCCCCCC/C=C/CC/C=C/CCCC(=O)O[C@H](COC(=O)CCCCCCCCCCCCCCC)COP(=O)(O)OC1C(O)C(O)C(O)[C@@H](O)C1O. The van der Waals surface area contributed by atoms with Gasteiger partial charge in [0.05, 0.1) is 6.61 Å². The molecule has 1 rings (SSSR count). The van der Waals surface area contributed by atoms with Crippen LogP contribution in [0.5, 0.6) is 0 Å². The van der Waals surface area contributed by atoms with E-state index in [0.717, 1.165) is 38.5 Å². The molecule has 8 atom stereocenters. The maximum absolute atomic E-state index is 12.8. The predicted molar refractivity (Wildman–Crippen MR) is 258 cm³/mol. The van der Waals surface area contributed by atoms with Gasteiger partial charge in [-0.05, 0) is 44.9 Å². The summed E-state index contributed by atoms with van der Waals surface area (Å²) in [6.45, 7) is 3.30. The molecule has 0 spiro atoms. The highest BCUT2D eigenvalue weighted by atomic mass is 31.2. The van der Waals surface area contributed by atoms with Gasteiger partial charge in [-0.25, -0.2) is 4.57 Å². The summed E-state index contributed by atoms with van der Waals surface area (Å²) in [5.41, 5.74) is 0. The number of hydrogen-bond acceptors (Lipinski definition) is 12. The highest BCUT2D eigenvalue weighted by Gasteiger charge is 2.51. The van der Waals surface area contributed by atoms with E-state index in [4.69, 9.17) is 18.5 Å². The van der Waals surface area contributed by atoms with Crippen LogP contribution in [0.25, 0.3) is 0 Å². The van der Waals surface area contributed by atoms with Gasteiger partial charge in [0.15, 0.2) is 6.10 Å². The van der Waals surface area contributed by atoms with E-state index in [1.807, 2.05) is 6.08 Å². The minimum Gasteiger partial charge on any atom is -0.462 e. The number of carbonyl (C=O) groups excluding carboxylic acids is 2. The minimum atomic E-state index is -5.13. The van der Waals surface area contributed by atoms with Crippen LogP contribution in [0.4, 0.5) is 0 Å². The van der Waals surface area contributed by atoms with Crippen LogP contribution in [0.15, 0.2) is 24.3 Å². The van der Waals surface area contributed by atoms with E-state index in [9.17, 15) is 44.6 Å². The van der Waals surface area contributed by atoms with E-state index in [1.165, 1.54) is 148 Å². The van der Waals surface area contributed by atoms with Crippen LogP contribution >= 0.6 is 7.82 Å². The zero-order chi connectivity index (χ0) is 47.8. The Kier molecular flexibility index (Phi) is 39.0. The quantitative estimate of drug-likeness (QED) is 0.0146. The van der Waals surface area contributed by atoms with Crippen molar-refractivity contribution in [2.24, 2.45) is 0 Å². The van der Waals surface area contributed by atoms with Crippen molar-refractivity contribution in [3.63, 3.8) is 0 Å². The molecule has 0 bridgehead atoms. The maximum atomic E-state index is 12.8. The zero-order valence-electron chi connectivity index (χ0n) is 40.8. The Hall–Kier alpha value is -1.67. The highest BCUT2D eigenvalue weighted by molar-refractivity contribution is 7.47. The van der Waals surface area contributed by atoms with Gasteiger partial charge in [-0.3, -0.25) is 18.6 Å². The molecule has 0 aliphatic heterocycles. The molecule has 6 N–H and O–H groups in total. The fourth-order valence-corrected chi connectivity index (χ4v) is 9.05. The number of ether oxygens (including phenoxy) is 2. The summed E-state index contributed by atoms with van der Waals surface area (Å²) in [6, 6.07) is 0. The van der Waals surface area contributed by atoms with Crippen molar-refractivity contribution in [2.45, 2.75) is 275 Å². The van der Waals surface area contributed by atoms with Crippen LogP contribution in [-0.4, -0.2) is 98.3 Å². The number of aliphatic hydroxyl groups excluding tert-OH is 5. The number of unbranched alkanes of at least 4 members (excludes halogenated alkanes) is 28. The molecule has 382 valence electrons. The Morgan fingerprint density at radius 3 is 1.26 bits per heavy atom. The molecule has 13 nitrogen and oxygen atoms in total. The lowest BCUT2D eigenvalue weighted by Gasteiger charge is -2.41. The van der Waals surface area contributed by atoms with Crippen LogP contribution in [-0.2, 0) is 32.7 Å². The van der Waals surface area contributed by atoms with E-state index >= 15 is 0 Å². The third-order valence-electron chi connectivity index (χ3n) is 12.3. The standard InChI is InChI=1S/C51H95O13P/c1-3-5-7-9-11-13-15-17-18-19-20-21-22-23-24-25-26-28-30-32-34-36-38-40-45(53)63-43(42-62-65(59,60)64-51-49(57)47(55)46(54)48(56)50(51)58)41-61-44(52)39-37-35-33-31-29-27-16-14-12-10-8-6-4-2/h25-26,32,34,43,46-51,54-58H,3-24,27-31,33,35-42H2,1-2H3,(H,59,60)/b26-25+,34-32+/t43-,46?,47-,48?,49?,50?,51?/m1/s1. The summed E-state index contributed by atoms with van der Waals surface area (Å²) in [6.07, 6.45) is 33.9. The van der Waals surface area contributed by atoms with Gasteiger partial charge < -0.3 is 39.9 Å². The molecule has 0 heterocycles. The molecule has 1 fully saturated rings. The molecule has 0 aromatic rings. The lowest BCUT2D eigenvalue weighted by Crippen LogP contribution is -2.64. The molecule has 1 aliphatic rings. The largest absolute Gasteiger partial charge is 0.472 e. The molecule has 0 saturated heterocycles. The number of allylic oxidation sites excluding steroid dienone is 4. The maximum Gasteiger partial charge on any atom is 0.472 e. The Labute approximate surface area is 394 Å². The predicted octanol–water partition coefficient (Wildman–Crippen LogP) is 11.2. The zero-order valence-corrected chi connectivity index (χ0v) is 41.7. The first kappa shape index (κ1) is 61.3. The van der Waals surface area contributed by atoms with Gasteiger partial charge in [0.2, 0.25) is 0 Å². The van der Waals surface area contributed by atoms with Crippen LogP contribution < -0.4 is 0 Å². The first-order valence-corrected chi connectivity index (χ1v) is 27.6. The molecular weight excluding hydrogens is 852 g/mol. The van der Waals surface area contributed by atoms with Gasteiger partial charge in [0.1, 0.15) is 43.2 Å². The van der Waals surface area contributed by atoms with E-state index in [-0.39, 0.29) is 12.8 Å². The second-order valence-corrected chi connectivity index (χ2v) is 19.8. The molecule has 0 aromatic carbocycles. The first-order valence-electron chi connectivity index (χ1n) is 26.1. The number of phosphoric ester groups is 1. The Balaban J connectivity index is 2.39. The van der Waals surface area contributed by atoms with Crippen molar-refractivity contribution in [1.82, 2.24) is 0 Å². The minimum absolute atomic E-state index is 0.0404. The topological polar surface area (TPSA) is 210 Å². The van der Waals surface area contributed by atoms with Crippen LogP contribution in [0.2, 0.25) is 0 Å². The molecule has 0 amide bonds. The molecule has 65 heavy (non-hydrogen) atoms. The van der Waals surface area contributed by atoms with E-state index < -0.39 is 75.7 Å². The second-order valence-electron chi connectivity index (χ2n) is 18.4. The van der Waals surface area contributed by atoms with Gasteiger partial charge in [-0.1, -0.05) is 199 Å². The van der Waals surface area contributed by atoms with Crippen molar-refractivity contribution >= 4 is 19.8 Å². The van der Waals surface area contributed by atoms with Crippen molar-refractivity contribution in [2.75, 3.05) is 13.2 Å².